The van der Waals surface area contributed by atoms with Crippen LogP contribution in [0, 0.1) is 6.92 Å². The molecule has 0 saturated carbocycles. The Hall–Kier alpha value is -0.870. The van der Waals surface area contributed by atoms with Gasteiger partial charge in [-0.15, -0.1) is 11.3 Å². The van der Waals surface area contributed by atoms with Crippen LogP contribution in [-0.4, -0.2) is 18.6 Å². The maximum Gasteiger partial charge on any atom is 0.0897 e. The molecule has 1 N–H and O–H groups in total. The van der Waals surface area contributed by atoms with Crippen LogP contribution >= 0.6 is 11.3 Å². The van der Waals surface area contributed by atoms with Gasteiger partial charge in [-0.2, -0.15) is 0 Å². The normalized spacial score (nSPS) is 18.1. The summed E-state index contributed by atoms with van der Waals surface area (Å²) in [6.45, 7) is 2.88. The molecule has 2 rings (SSSR count). The van der Waals surface area contributed by atoms with Gasteiger partial charge in [-0.25, -0.2) is 4.98 Å². The fraction of sp³-hybridized carbons (Fsp3) is 0.545. The summed E-state index contributed by atoms with van der Waals surface area (Å²) in [6.07, 6.45) is 6.08. The fourth-order valence-electron chi connectivity index (χ4n) is 1.82. The van der Waals surface area contributed by atoms with Crippen molar-refractivity contribution in [3.63, 3.8) is 0 Å². The van der Waals surface area contributed by atoms with Crippen molar-refractivity contribution in [2.75, 3.05) is 13.7 Å². The highest BCUT2D eigenvalue weighted by atomic mass is 32.1. The highest BCUT2D eigenvalue weighted by Gasteiger charge is 2.19. The van der Waals surface area contributed by atoms with Crippen LogP contribution in [0.1, 0.15) is 28.8 Å². The van der Waals surface area contributed by atoms with E-state index in [0.29, 0.717) is 0 Å². The third-order valence-corrected chi connectivity index (χ3v) is 3.52. The number of ether oxygens (including phenoxy) is 1. The minimum absolute atomic E-state index is 0.275. The van der Waals surface area contributed by atoms with Gasteiger partial charge in [0.1, 0.15) is 0 Å². The summed E-state index contributed by atoms with van der Waals surface area (Å²) in [5, 5.41) is 4.44. The average Bonchev–Trinajstić information content (AvgIpc) is 2.68. The van der Waals surface area contributed by atoms with Crippen LogP contribution in [0.25, 0.3) is 0 Å². The van der Waals surface area contributed by atoms with E-state index in [1.165, 1.54) is 10.5 Å². The molecule has 0 aliphatic carbocycles. The molecule has 1 aromatic rings. The molecule has 0 saturated heterocycles. The van der Waals surface area contributed by atoms with Crippen LogP contribution < -0.4 is 5.32 Å². The lowest BCUT2D eigenvalue weighted by Crippen LogP contribution is -2.19. The van der Waals surface area contributed by atoms with E-state index in [1.807, 2.05) is 26.4 Å². The van der Waals surface area contributed by atoms with E-state index in [2.05, 4.69) is 10.3 Å². The van der Waals surface area contributed by atoms with E-state index in [4.69, 9.17) is 4.74 Å². The van der Waals surface area contributed by atoms with Crippen molar-refractivity contribution in [2.45, 2.75) is 25.8 Å². The van der Waals surface area contributed by atoms with Crippen LogP contribution in [0.2, 0.25) is 0 Å². The van der Waals surface area contributed by atoms with Crippen LogP contribution in [0.15, 0.2) is 18.0 Å². The number of rotatable bonds is 3. The second kappa shape index (κ2) is 4.77. The molecule has 0 bridgehead atoms. The summed E-state index contributed by atoms with van der Waals surface area (Å²) >= 11 is 1.74. The monoisotopic (exact) mass is 224 g/mol. The lowest BCUT2D eigenvalue weighted by Gasteiger charge is -2.21. The van der Waals surface area contributed by atoms with Gasteiger partial charge in [0.05, 0.1) is 23.9 Å². The van der Waals surface area contributed by atoms with Crippen molar-refractivity contribution in [1.82, 2.24) is 10.3 Å². The van der Waals surface area contributed by atoms with Gasteiger partial charge in [0.25, 0.3) is 0 Å². The quantitative estimate of drug-likeness (QED) is 0.856. The number of thiazole rings is 1. The van der Waals surface area contributed by atoms with Crippen molar-refractivity contribution >= 4 is 11.3 Å². The van der Waals surface area contributed by atoms with E-state index < -0.39 is 0 Å². The molecule has 82 valence electrons. The molecule has 1 aliphatic heterocycles. The molecule has 1 aliphatic rings. The molecule has 0 aromatic carbocycles. The Bertz CT molecular complexity index is 359. The van der Waals surface area contributed by atoms with Crippen molar-refractivity contribution in [1.29, 1.82) is 0 Å². The first-order valence-electron chi connectivity index (χ1n) is 5.21. The van der Waals surface area contributed by atoms with Crippen LogP contribution in [0.4, 0.5) is 0 Å². The van der Waals surface area contributed by atoms with E-state index in [-0.39, 0.29) is 6.04 Å². The Balaban J connectivity index is 2.19. The smallest absolute Gasteiger partial charge is 0.0897 e. The molecular formula is C11H16N2OS. The Morgan fingerprint density at radius 2 is 2.47 bits per heavy atom. The molecule has 1 atom stereocenters. The summed E-state index contributed by atoms with van der Waals surface area (Å²) in [5.74, 6) is 0. The molecule has 2 heterocycles. The Labute approximate surface area is 94.2 Å². The van der Waals surface area contributed by atoms with Crippen molar-refractivity contribution in [2.24, 2.45) is 0 Å². The van der Waals surface area contributed by atoms with E-state index in [0.717, 1.165) is 24.5 Å². The zero-order chi connectivity index (χ0) is 10.7. The van der Waals surface area contributed by atoms with Crippen LogP contribution in [0.3, 0.4) is 0 Å². The van der Waals surface area contributed by atoms with Gasteiger partial charge in [0.15, 0.2) is 0 Å². The minimum Gasteiger partial charge on any atom is -0.501 e. The zero-order valence-electron chi connectivity index (χ0n) is 9.12. The number of likely N-dealkylation sites (N-methyl/N-ethyl adjacent to an activating group) is 1. The summed E-state index contributed by atoms with van der Waals surface area (Å²) in [4.78, 5) is 5.56. The maximum absolute atomic E-state index is 5.38. The first-order valence-corrected chi connectivity index (χ1v) is 6.03. The van der Waals surface area contributed by atoms with Crippen LogP contribution in [0.5, 0.6) is 0 Å². The largest absolute Gasteiger partial charge is 0.501 e. The molecule has 4 heteroatoms. The summed E-state index contributed by atoms with van der Waals surface area (Å²) in [6, 6.07) is 0.275. The SMILES string of the molecule is CNC(C1=COCCC1)c1cnc(C)s1. The zero-order valence-corrected chi connectivity index (χ0v) is 9.93. The standard InChI is InChI=1S/C11H16N2OS/c1-8-13-6-10(15-8)11(12-2)9-4-3-5-14-7-9/h6-7,11-12H,3-5H2,1-2H3. The number of hydrogen-bond donors (Lipinski definition) is 1. The number of nitrogens with zero attached hydrogens (tertiary/aromatic N) is 1. The summed E-state index contributed by atoms with van der Waals surface area (Å²) in [5.41, 5.74) is 1.33. The van der Waals surface area contributed by atoms with Gasteiger partial charge >= 0.3 is 0 Å². The lowest BCUT2D eigenvalue weighted by molar-refractivity contribution is 0.220. The fourth-order valence-corrected chi connectivity index (χ4v) is 2.76. The predicted octanol–water partition coefficient (Wildman–Crippen LogP) is 2.41. The molecule has 0 fully saturated rings. The van der Waals surface area contributed by atoms with E-state index >= 15 is 0 Å². The first kappa shape index (κ1) is 10.6. The highest BCUT2D eigenvalue weighted by molar-refractivity contribution is 7.11. The number of nitrogens with one attached hydrogen (secondary N) is 1. The molecule has 0 spiro atoms. The molecule has 1 unspecified atom stereocenters. The molecular weight excluding hydrogens is 208 g/mol. The van der Waals surface area contributed by atoms with Crippen molar-refractivity contribution in [3.05, 3.63) is 27.9 Å². The maximum atomic E-state index is 5.38. The minimum atomic E-state index is 0.275. The van der Waals surface area contributed by atoms with Gasteiger partial charge in [-0.05, 0) is 32.4 Å². The average molecular weight is 224 g/mol. The Morgan fingerprint density at radius 1 is 1.60 bits per heavy atom. The molecule has 3 nitrogen and oxygen atoms in total. The Kier molecular flexibility index (Phi) is 3.38. The first-order chi connectivity index (χ1) is 7.31. The second-order valence-electron chi connectivity index (χ2n) is 3.67. The van der Waals surface area contributed by atoms with Gasteiger partial charge in [-0.1, -0.05) is 0 Å². The lowest BCUT2D eigenvalue weighted by atomic mass is 10.0. The Morgan fingerprint density at radius 3 is 3.00 bits per heavy atom. The third kappa shape index (κ3) is 2.38. The molecule has 0 radical (unpaired) electrons. The third-order valence-electron chi connectivity index (χ3n) is 2.55. The second-order valence-corrected chi connectivity index (χ2v) is 4.94. The highest BCUT2D eigenvalue weighted by Crippen LogP contribution is 2.30. The van der Waals surface area contributed by atoms with Crippen molar-refractivity contribution < 1.29 is 4.74 Å². The van der Waals surface area contributed by atoms with Gasteiger partial charge < -0.3 is 10.1 Å². The molecule has 0 amide bonds. The van der Waals surface area contributed by atoms with Crippen LogP contribution in [-0.2, 0) is 4.74 Å². The number of hydrogen-bond acceptors (Lipinski definition) is 4. The summed E-state index contributed by atoms with van der Waals surface area (Å²) < 4.78 is 5.38. The van der Waals surface area contributed by atoms with Gasteiger partial charge in [0, 0.05) is 11.1 Å². The number of aromatic nitrogens is 1. The predicted molar refractivity (Wildman–Crippen MR) is 61.9 cm³/mol. The molecule has 15 heavy (non-hydrogen) atoms. The van der Waals surface area contributed by atoms with E-state index in [1.54, 1.807) is 11.3 Å². The van der Waals surface area contributed by atoms with Gasteiger partial charge in [0.2, 0.25) is 0 Å². The number of aryl methyl sites for hydroxylation is 1. The molecule has 1 aromatic heterocycles. The topological polar surface area (TPSA) is 34.1 Å². The van der Waals surface area contributed by atoms with Gasteiger partial charge in [-0.3, -0.25) is 0 Å². The van der Waals surface area contributed by atoms with Crippen molar-refractivity contribution in [3.8, 4) is 0 Å². The summed E-state index contributed by atoms with van der Waals surface area (Å²) in [7, 11) is 1.98. The van der Waals surface area contributed by atoms with E-state index in [9.17, 15) is 0 Å².